The van der Waals surface area contributed by atoms with E-state index in [2.05, 4.69) is 66.4 Å². The Morgan fingerprint density at radius 3 is 2.66 bits per heavy atom. The van der Waals surface area contributed by atoms with Crippen LogP contribution in [-0.2, 0) is 17.6 Å². The molecule has 152 valence electrons. The Bertz CT molecular complexity index is 881. The van der Waals surface area contributed by atoms with Crippen LogP contribution in [0.25, 0.3) is 6.08 Å². The van der Waals surface area contributed by atoms with E-state index in [0.29, 0.717) is 12.6 Å². The topological polar surface area (TPSA) is 49.8 Å². The quantitative estimate of drug-likeness (QED) is 0.795. The van der Waals surface area contributed by atoms with Gasteiger partial charge in [-0.3, -0.25) is 9.69 Å². The molecule has 0 bridgehead atoms. The van der Waals surface area contributed by atoms with Gasteiger partial charge in [0.25, 0.3) is 0 Å². The Morgan fingerprint density at radius 2 is 1.90 bits per heavy atom. The number of rotatable bonds is 6. The summed E-state index contributed by atoms with van der Waals surface area (Å²) in [7, 11) is 0. The molecular formula is C25H29NO3. The lowest BCUT2D eigenvalue weighted by Gasteiger charge is -2.40. The third kappa shape index (κ3) is 4.70. The van der Waals surface area contributed by atoms with Gasteiger partial charge in [0.2, 0.25) is 0 Å². The number of hydrogen-bond acceptors (Lipinski definition) is 3. The molecule has 4 rings (SSSR count). The van der Waals surface area contributed by atoms with Crippen molar-refractivity contribution in [1.29, 1.82) is 0 Å². The average Bonchev–Trinajstić information content (AvgIpc) is 2.89. The molecule has 4 nitrogen and oxygen atoms in total. The van der Waals surface area contributed by atoms with Gasteiger partial charge < -0.3 is 9.84 Å². The predicted molar refractivity (Wildman–Crippen MR) is 115 cm³/mol. The SMILES string of the molecule is Cc1ccc(/C=C/COc2cccc3c2CCN(C2CC(C(=O)O)C2)CC3)cc1. The van der Waals surface area contributed by atoms with Crippen LogP contribution in [0.2, 0.25) is 0 Å². The maximum Gasteiger partial charge on any atom is 0.306 e. The average molecular weight is 392 g/mol. The summed E-state index contributed by atoms with van der Waals surface area (Å²) in [6.07, 6.45) is 7.70. The Hall–Kier alpha value is -2.59. The van der Waals surface area contributed by atoms with E-state index < -0.39 is 5.97 Å². The minimum absolute atomic E-state index is 0.148. The molecule has 2 aromatic rings. The van der Waals surface area contributed by atoms with Crippen LogP contribution in [-0.4, -0.2) is 41.7 Å². The molecule has 2 aliphatic rings. The molecule has 1 saturated carbocycles. The van der Waals surface area contributed by atoms with E-state index in [1.54, 1.807) is 0 Å². The predicted octanol–water partition coefficient (Wildman–Crippen LogP) is 4.35. The highest BCUT2D eigenvalue weighted by Crippen LogP contribution is 2.34. The smallest absolute Gasteiger partial charge is 0.306 e. The first-order chi connectivity index (χ1) is 14.1. The Kier molecular flexibility index (Phi) is 6.00. The van der Waals surface area contributed by atoms with Crippen LogP contribution in [0.5, 0.6) is 5.75 Å². The van der Waals surface area contributed by atoms with Gasteiger partial charge in [-0.25, -0.2) is 0 Å². The van der Waals surface area contributed by atoms with Gasteiger partial charge in [0, 0.05) is 19.1 Å². The Balaban J connectivity index is 1.34. The van der Waals surface area contributed by atoms with E-state index in [1.807, 2.05) is 0 Å². The molecule has 1 fully saturated rings. The molecule has 1 N–H and O–H groups in total. The number of carboxylic acid groups (broad SMARTS) is 1. The molecule has 1 aliphatic carbocycles. The lowest BCUT2D eigenvalue weighted by atomic mass is 9.79. The molecule has 1 heterocycles. The number of carbonyl (C=O) groups is 1. The van der Waals surface area contributed by atoms with Crippen molar-refractivity contribution in [2.24, 2.45) is 5.92 Å². The van der Waals surface area contributed by atoms with E-state index >= 15 is 0 Å². The Labute approximate surface area is 172 Å². The minimum Gasteiger partial charge on any atom is -0.489 e. The highest BCUT2D eigenvalue weighted by Gasteiger charge is 2.38. The zero-order chi connectivity index (χ0) is 20.2. The fourth-order valence-electron chi connectivity index (χ4n) is 4.35. The van der Waals surface area contributed by atoms with E-state index in [-0.39, 0.29) is 5.92 Å². The minimum atomic E-state index is -0.645. The first-order valence-corrected chi connectivity index (χ1v) is 10.5. The second-order valence-corrected chi connectivity index (χ2v) is 8.21. The van der Waals surface area contributed by atoms with Crippen molar-refractivity contribution in [2.45, 2.75) is 38.6 Å². The van der Waals surface area contributed by atoms with Gasteiger partial charge in [-0.2, -0.15) is 0 Å². The van der Waals surface area contributed by atoms with Crippen molar-refractivity contribution in [3.8, 4) is 5.75 Å². The van der Waals surface area contributed by atoms with Crippen molar-refractivity contribution in [3.63, 3.8) is 0 Å². The van der Waals surface area contributed by atoms with E-state index in [1.165, 1.54) is 22.3 Å². The molecule has 1 aliphatic heterocycles. The number of nitrogens with zero attached hydrogens (tertiary/aromatic N) is 1. The van der Waals surface area contributed by atoms with Crippen molar-refractivity contribution >= 4 is 12.0 Å². The van der Waals surface area contributed by atoms with E-state index in [0.717, 1.165) is 44.5 Å². The summed E-state index contributed by atoms with van der Waals surface area (Å²) in [6.45, 7) is 4.62. The van der Waals surface area contributed by atoms with Gasteiger partial charge >= 0.3 is 5.97 Å². The van der Waals surface area contributed by atoms with Gasteiger partial charge in [-0.05, 0) is 61.4 Å². The summed E-state index contributed by atoms with van der Waals surface area (Å²) < 4.78 is 6.11. The first-order valence-electron chi connectivity index (χ1n) is 10.5. The van der Waals surface area contributed by atoms with Crippen molar-refractivity contribution < 1.29 is 14.6 Å². The maximum absolute atomic E-state index is 11.1. The fraction of sp³-hybridized carbons (Fsp3) is 0.400. The molecular weight excluding hydrogens is 362 g/mol. The molecule has 4 heteroatoms. The van der Waals surface area contributed by atoms with Crippen LogP contribution in [0.4, 0.5) is 0 Å². The lowest BCUT2D eigenvalue weighted by molar-refractivity contribution is -0.147. The Morgan fingerprint density at radius 1 is 1.14 bits per heavy atom. The number of aliphatic carboxylic acids is 1. The third-order valence-corrected chi connectivity index (χ3v) is 6.25. The molecule has 0 radical (unpaired) electrons. The van der Waals surface area contributed by atoms with Gasteiger partial charge in [0.05, 0.1) is 5.92 Å². The summed E-state index contributed by atoms with van der Waals surface area (Å²) in [5.41, 5.74) is 5.12. The molecule has 0 aromatic heterocycles. The molecule has 0 unspecified atom stereocenters. The molecule has 0 spiro atoms. The molecule has 2 aromatic carbocycles. The van der Waals surface area contributed by atoms with Crippen molar-refractivity contribution in [1.82, 2.24) is 4.90 Å². The van der Waals surface area contributed by atoms with Crippen molar-refractivity contribution in [2.75, 3.05) is 19.7 Å². The maximum atomic E-state index is 11.1. The van der Waals surface area contributed by atoms with Crippen LogP contribution in [0, 0.1) is 12.8 Å². The van der Waals surface area contributed by atoms with Crippen LogP contribution in [0.3, 0.4) is 0 Å². The largest absolute Gasteiger partial charge is 0.489 e. The number of hydrogen-bond donors (Lipinski definition) is 1. The van der Waals surface area contributed by atoms with Gasteiger partial charge in [0.15, 0.2) is 0 Å². The monoisotopic (exact) mass is 391 g/mol. The van der Waals surface area contributed by atoms with Gasteiger partial charge in [-0.15, -0.1) is 0 Å². The fourth-order valence-corrected chi connectivity index (χ4v) is 4.35. The normalized spacial score (nSPS) is 22.0. The number of carboxylic acids is 1. The molecule has 0 amide bonds. The second kappa shape index (κ2) is 8.83. The lowest BCUT2D eigenvalue weighted by Crippen LogP contribution is -2.47. The highest BCUT2D eigenvalue weighted by molar-refractivity contribution is 5.71. The zero-order valence-electron chi connectivity index (χ0n) is 17.0. The standard InChI is InChI=1S/C25H29NO3/c1-18-7-9-19(10-8-18)4-3-15-29-24-6-2-5-20-11-13-26(14-12-23(20)24)22-16-21(17-22)25(27)28/h2-10,21-22H,11-17H2,1H3,(H,27,28)/b4-3+. The number of aryl methyl sites for hydroxylation is 1. The summed E-state index contributed by atoms with van der Waals surface area (Å²) in [5, 5.41) is 9.13. The first kappa shape index (κ1) is 19.7. The second-order valence-electron chi connectivity index (χ2n) is 8.21. The molecule has 0 atom stereocenters. The van der Waals surface area contributed by atoms with Crippen LogP contribution in [0.15, 0.2) is 48.5 Å². The number of fused-ring (bicyclic) bond motifs is 1. The molecule has 29 heavy (non-hydrogen) atoms. The van der Waals surface area contributed by atoms with Crippen LogP contribution < -0.4 is 4.74 Å². The van der Waals surface area contributed by atoms with Gasteiger partial charge in [-0.1, -0.05) is 48.0 Å². The number of benzene rings is 2. The summed E-state index contributed by atoms with van der Waals surface area (Å²) in [4.78, 5) is 13.6. The van der Waals surface area contributed by atoms with E-state index in [9.17, 15) is 4.79 Å². The summed E-state index contributed by atoms with van der Waals surface area (Å²) in [6, 6.07) is 15.2. The summed E-state index contributed by atoms with van der Waals surface area (Å²) in [5.74, 6) is 0.188. The summed E-state index contributed by atoms with van der Waals surface area (Å²) >= 11 is 0. The van der Waals surface area contributed by atoms with Gasteiger partial charge in [0.1, 0.15) is 12.4 Å². The van der Waals surface area contributed by atoms with E-state index in [4.69, 9.17) is 9.84 Å². The third-order valence-electron chi connectivity index (χ3n) is 6.25. The van der Waals surface area contributed by atoms with Crippen LogP contribution in [0.1, 0.15) is 35.1 Å². The number of ether oxygens (including phenoxy) is 1. The van der Waals surface area contributed by atoms with Crippen LogP contribution >= 0.6 is 0 Å². The van der Waals surface area contributed by atoms with Crippen molar-refractivity contribution in [3.05, 3.63) is 70.8 Å². The zero-order valence-corrected chi connectivity index (χ0v) is 17.0. The highest BCUT2D eigenvalue weighted by atomic mass is 16.5. The molecule has 0 saturated heterocycles.